The number of hydrogen-bond donors (Lipinski definition) is 0. The van der Waals surface area contributed by atoms with Gasteiger partial charge in [0.1, 0.15) is 11.0 Å². The van der Waals surface area contributed by atoms with E-state index >= 15 is 0 Å². The minimum absolute atomic E-state index is 0.502. The van der Waals surface area contributed by atoms with Crippen molar-refractivity contribution in [2.45, 2.75) is 41.0 Å². The van der Waals surface area contributed by atoms with Crippen LogP contribution >= 0.6 is 11.6 Å². The van der Waals surface area contributed by atoms with Crippen LogP contribution in [0.5, 0.6) is 0 Å². The van der Waals surface area contributed by atoms with Crippen molar-refractivity contribution in [3.63, 3.8) is 0 Å². The number of nitrogens with zero attached hydrogens (tertiary/aromatic N) is 4. The molecular weight excluding hydrogens is 248 g/mol. The predicted octanol–water partition coefficient (Wildman–Crippen LogP) is 3.11. The molecule has 0 amide bonds. The highest BCUT2D eigenvalue weighted by Crippen LogP contribution is 2.22. The standard InChI is InChI=1S/C13H17ClN4/c1-6-11-15-12(14)8(3)13(16-11)18-10(5)7(2)9(4)17-18/h6H2,1-5H3. The third-order valence-electron chi connectivity index (χ3n) is 3.28. The van der Waals surface area contributed by atoms with Crippen LogP contribution in [0.25, 0.3) is 5.82 Å². The van der Waals surface area contributed by atoms with Gasteiger partial charge in [-0.15, -0.1) is 0 Å². The van der Waals surface area contributed by atoms with E-state index in [1.807, 2.05) is 32.4 Å². The summed E-state index contributed by atoms with van der Waals surface area (Å²) in [6.07, 6.45) is 0.755. The first kappa shape index (κ1) is 13.0. The highest BCUT2D eigenvalue weighted by Gasteiger charge is 2.15. The van der Waals surface area contributed by atoms with Crippen molar-refractivity contribution in [1.82, 2.24) is 19.7 Å². The summed E-state index contributed by atoms with van der Waals surface area (Å²) in [7, 11) is 0. The van der Waals surface area contributed by atoms with Gasteiger partial charge in [0.25, 0.3) is 0 Å². The van der Waals surface area contributed by atoms with Crippen molar-refractivity contribution in [2.24, 2.45) is 0 Å². The monoisotopic (exact) mass is 264 g/mol. The van der Waals surface area contributed by atoms with Gasteiger partial charge in [-0.25, -0.2) is 14.6 Å². The number of halogens is 1. The van der Waals surface area contributed by atoms with E-state index in [0.29, 0.717) is 5.15 Å². The zero-order chi connectivity index (χ0) is 13.4. The first-order valence-corrected chi connectivity index (χ1v) is 6.39. The van der Waals surface area contributed by atoms with Crippen LogP contribution in [0, 0.1) is 27.7 Å². The van der Waals surface area contributed by atoms with Crippen LogP contribution < -0.4 is 0 Å². The Balaban J connectivity index is 2.70. The number of rotatable bonds is 2. The van der Waals surface area contributed by atoms with Crippen LogP contribution in [0.4, 0.5) is 0 Å². The van der Waals surface area contributed by atoms with Crippen molar-refractivity contribution in [2.75, 3.05) is 0 Å². The Morgan fingerprint density at radius 1 is 1.06 bits per heavy atom. The van der Waals surface area contributed by atoms with Gasteiger partial charge in [-0.1, -0.05) is 18.5 Å². The fraction of sp³-hybridized carbons (Fsp3) is 0.462. The molecule has 0 saturated heterocycles. The molecule has 2 heterocycles. The molecule has 96 valence electrons. The zero-order valence-corrected chi connectivity index (χ0v) is 12.1. The molecule has 0 spiro atoms. The van der Waals surface area contributed by atoms with E-state index in [2.05, 4.69) is 22.0 Å². The van der Waals surface area contributed by atoms with E-state index in [1.165, 1.54) is 5.56 Å². The summed E-state index contributed by atoms with van der Waals surface area (Å²) in [4.78, 5) is 8.79. The van der Waals surface area contributed by atoms with Gasteiger partial charge in [0.05, 0.1) is 5.69 Å². The fourth-order valence-corrected chi connectivity index (χ4v) is 1.99. The molecule has 0 aliphatic heterocycles. The van der Waals surface area contributed by atoms with Gasteiger partial charge in [-0.3, -0.25) is 0 Å². The predicted molar refractivity (Wildman–Crippen MR) is 72.5 cm³/mol. The maximum absolute atomic E-state index is 6.15. The van der Waals surface area contributed by atoms with E-state index < -0.39 is 0 Å². The number of aryl methyl sites for hydroxylation is 2. The van der Waals surface area contributed by atoms with Gasteiger partial charge in [0, 0.05) is 17.7 Å². The molecule has 0 aromatic carbocycles. The number of hydrogen-bond acceptors (Lipinski definition) is 3. The van der Waals surface area contributed by atoms with E-state index in [9.17, 15) is 0 Å². The lowest BCUT2D eigenvalue weighted by molar-refractivity contribution is 0.774. The van der Waals surface area contributed by atoms with Gasteiger partial charge >= 0.3 is 0 Å². The summed E-state index contributed by atoms with van der Waals surface area (Å²) >= 11 is 6.15. The molecule has 2 aromatic rings. The average molecular weight is 265 g/mol. The lowest BCUT2D eigenvalue weighted by atomic mass is 10.2. The average Bonchev–Trinajstić information content (AvgIpc) is 2.60. The van der Waals surface area contributed by atoms with Gasteiger partial charge in [0.2, 0.25) is 0 Å². The van der Waals surface area contributed by atoms with E-state index in [0.717, 1.165) is 35.0 Å². The van der Waals surface area contributed by atoms with Crippen molar-refractivity contribution >= 4 is 11.6 Å². The maximum Gasteiger partial charge on any atom is 0.161 e. The van der Waals surface area contributed by atoms with Gasteiger partial charge in [-0.2, -0.15) is 5.10 Å². The minimum Gasteiger partial charge on any atom is -0.221 e. The summed E-state index contributed by atoms with van der Waals surface area (Å²) in [5.74, 6) is 1.52. The van der Waals surface area contributed by atoms with Crippen LogP contribution in [-0.4, -0.2) is 19.7 Å². The van der Waals surface area contributed by atoms with E-state index in [-0.39, 0.29) is 0 Å². The Kier molecular flexibility index (Phi) is 3.39. The summed E-state index contributed by atoms with van der Waals surface area (Å²) in [6, 6.07) is 0. The third-order valence-corrected chi connectivity index (χ3v) is 3.64. The fourth-order valence-electron chi connectivity index (χ4n) is 1.81. The normalized spacial score (nSPS) is 11.0. The lowest BCUT2D eigenvalue weighted by Crippen LogP contribution is -2.09. The first-order chi connectivity index (χ1) is 8.45. The Hall–Kier alpha value is -1.42. The molecule has 0 fully saturated rings. The minimum atomic E-state index is 0.502. The second-order valence-electron chi connectivity index (χ2n) is 4.44. The van der Waals surface area contributed by atoms with Crippen LogP contribution in [0.15, 0.2) is 0 Å². The smallest absolute Gasteiger partial charge is 0.161 e. The summed E-state index contributed by atoms with van der Waals surface area (Å²) in [5.41, 5.74) is 4.15. The van der Waals surface area contributed by atoms with Crippen molar-refractivity contribution in [3.05, 3.63) is 33.5 Å². The molecule has 0 atom stereocenters. The Morgan fingerprint density at radius 2 is 1.72 bits per heavy atom. The van der Waals surface area contributed by atoms with Crippen molar-refractivity contribution in [1.29, 1.82) is 0 Å². The third kappa shape index (κ3) is 2.01. The Bertz CT molecular complexity index is 602. The van der Waals surface area contributed by atoms with Crippen molar-refractivity contribution < 1.29 is 0 Å². The van der Waals surface area contributed by atoms with E-state index in [4.69, 9.17) is 11.6 Å². The Labute approximate surface area is 112 Å². The second kappa shape index (κ2) is 4.69. The van der Waals surface area contributed by atoms with E-state index in [1.54, 1.807) is 0 Å². The molecule has 0 aliphatic rings. The highest BCUT2D eigenvalue weighted by molar-refractivity contribution is 6.30. The van der Waals surface area contributed by atoms with Crippen LogP contribution in [0.1, 0.15) is 35.3 Å². The number of aromatic nitrogens is 4. The second-order valence-corrected chi connectivity index (χ2v) is 4.80. The molecule has 18 heavy (non-hydrogen) atoms. The van der Waals surface area contributed by atoms with Crippen LogP contribution in [0.3, 0.4) is 0 Å². The first-order valence-electron chi connectivity index (χ1n) is 6.01. The molecule has 0 saturated carbocycles. The molecule has 0 unspecified atom stereocenters. The molecule has 0 bridgehead atoms. The van der Waals surface area contributed by atoms with Gasteiger partial charge in [-0.05, 0) is 33.3 Å². The van der Waals surface area contributed by atoms with Crippen LogP contribution in [0.2, 0.25) is 5.15 Å². The van der Waals surface area contributed by atoms with Gasteiger partial charge in [0.15, 0.2) is 5.82 Å². The van der Waals surface area contributed by atoms with Gasteiger partial charge < -0.3 is 0 Å². The quantitative estimate of drug-likeness (QED) is 0.783. The molecular formula is C13H17ClN4. The maximum atomic E-state index is 6.15. The summed E-state index contributed by atoms with van der Waals surface area (Å²) in [6.45, 7) is 10.0. The molecule has 4 nitrogen and oxygen atoms in total. The lowest BCUT2D eigenvalue weighted by Gasteiger charge is -2.10. The molecule has 2 rings (SSSR count). The summed E-state index contributed by atoms with van der Waals surface area (Å²) < 4.78 is 1.85. The van der Waals surface area contributed by atoms with Crippen LogP contribution in [-0.2, 0) is 6.42 Å². The summed E-state index contributed by atoms with van der Waals surface area (Å²) in [5, 5.41) is 5.03. The SMILES string of the molecule is CCc1nc(Cl)c(C)c(-n2nc(C)c(C)c2C)n1. The largest absolute Gasteiger partial charge is 0.221 e. The van der Waals surface area contributed by atoms with Crippen molar-refractivity contribution in [3.8, 4) is 5.82 Å². The molecule has 0 N–H and O–H groups in total. The molecule has 0 aliphatic carbocycles. The Morgan fingerprint density at radius 3 is 2.22 bits per heavy atom. The molecule has 5 heteroatoms. The highest BCUT2D eigenvalue weighted by atomic mass is 35.5. The molecule has 0 radical (unpaired) electrons. The topological polar surface area (TPSA) is 43.6 Å². The zero-order valence-electron chi connectivity index (χ0n) is 11.4. The molecule has 2 aromatic heterocycles.